The van der Waals surface area contributed by atoms with E-state index in [1.807, 2.05) is 0 Å². The lowest BCUT2D eigenvalue weighted by molar-refractivity contribution is 0.120. The standard InChI is InChI=1S/C32H40N4/c1-9-31(8)30-35(23-17-13-12-14-18-23)28-29(34-27(22(6)7)26(33-28)21(4)5)36(30)25-20-16-15-19-24(25)32(31,10-2)11-3/h10,12-22,30H,2,9,11H2,1,3-8H3. The van der Waals surface area contributed by atoms with E-state index in [2.05, 4.69) is 126 Å². The van der Waals surface area contributed by atoms with Gasteiger partial charge in [-0.2, -0.15) is 0 Å². The van der Waals surface area contributed by atoms with Gasteiger partial charge in [0.25, 0.3) is 0 Å². The molecule has 5 rings (SSSR count). The van der Waals surface area contributed by atoms with Crippen LogP contribution < -0.4 is 9.80 Å². The number of benzene rings is 2. The second-order valence-corrected chi connectivity index (χ2v) is 11.2. The zero-order valence-corrected chi connectivity index (χ0v) is 22.9. The molecule has 4 heteroatoms. The average molecular weight is 481 g/mol. The maximum Gasteiger partial charge on any atom is 0.178 e. The minimum absolute atomic E-state index is 0.0233. The van der Waals surface area contributed by atoms with Gasteiger partial charge in [0, 0.05) is 22.2 Å². The predicted octanol–water partition coefficient (Wildman–Crippen LogP) is 8.60. The normalized spacial score (nSPS) is 24.6. The highest BCUT2D eigenvalue weighted by atomic mass is 15.5. The van der Waals surface area contributed by atoms with Gasteiger partial charge in [-0.15, -0.1) is 6.58 Å². The Morgan fingerprint density at radius 3 is 1.92 bits per heavy atom. The smallest absolute Gasteiger partial charge is 0.178 e. The first-order valence-corrected chi connectivity index (χ1v) is 13.5. The van der Waals surface area contributed by atoms with Crippen molar-refractivity contribution < 1.29 is 0 Å². The number of para-hydroxylation sites is 2. The van der Waals surface area contributed by atoms with Gasteiger partial charge >= 0.3 is 0 Å². The van der Waals surface area contributed by atoms with Gasteiger partial charge in [-0.1, -0.05) is 90.9 Å². The van der Waals surface area contributed by atoms with Crippen LogP contribution in [0.15, 0.2) is 67.3 Å². The monoisotopic (exact) mass is 480 g/mol. The number of anilines is 4. The predicted molar refractivity (Wildman–Crippen MR) is 152 cm³/mol. The van der Waals surface area contributed by atoms with Gasteiger partial charge in [0.05, 0.1) is 11.4 Å². The third-order valence-electron chi connectivity index (χ3n) is 8.86. The molecule has 0 saturated carbocycles. The molecule has 0 radical (unpaired) electrons. The first-order valence-electron chi connectivity index (χ1n) is 13.5. The summed E-state index contributed by atoms with van der Waals surface area (Å²) in [6.07, 6.45) is 4.22. The molecule has 36 heavy (non-hydrogen) atoms. The number of hydrogen-bond acceptors (Lipinski definition) is 4. The van der Waals surface area contributed by atoms with Crippen LogP contribution in [0.25, 0.3) is 0 Å². The molecule has 0 bridgehead atoms. The molecule has 3 atom stereocenters. The van der Waals surface area contributed by atoms with E-state index in [9.17, 15) is 0 Å². The fraction of sp³-hybridized carbons (Fsp3) is 0.438. The number of fused-ring (bicyclic) bond motifs is 5. The van der Waals surface area contributed by atoms with E-state index >= 15 is 0 Å². The van der Waals surface area contributed by atoms with Crippen molar-refractivity contribution >= 4 is 23.0 Å². The van der Waals surface area contributed by atoms with Gasteiger partial charge in [-0.25, -0.2) is 9.97 Å². The average Bonchev–Trinajstić information content (AvgIpc) is 3.24. The quantitative estimate of drug-likeness (QED) is 0.331. The summed E-state index contributed by atoms with van der Waals surface area (Å²) < 4.78 is 0. The summed E-state index contributed by atoms with van der Waals surface area (Å²) in [5.41, 5.74) is 5.58. The molecule has 0 saturated heterocycles. The third kappa shape index (κ3) is 3.12. The second kappa shape index (κ2) is 8.76. The van der Waals surface area contributed by atoms with Crippen molar-refractivity contribution in [1.29, 1.82) is 0 Å². The molecule has 0 fully saturated rings. The van der Waals surface area contributed by atoms with E-state index in [1.165, 1.54) is 11.3 Å². The Morgan fingerprint density at radius 2 is 1.39 bits per heavy atom. The number of allylic oxidation sites excluding steroid dienone is 1. The fourth-order valence-corrected chi connectivity index (χ4v) is 6.81. The van der Waals surface area contributed by atoms with E-state index in [0.29, 0.717) is 11.8 Å². The Hall–Kier alpha value is -3.14. The van der Waals surface area contributed by atoms with E-state index in [4.69, 9.17) is 9.97 Å². The van der Waals surface area contributed by atoms with Crippen molar-refractivity contribution in [3.63, 3.8) is 0 Å². The first kappa shape index (κ1) is 24.5. The van der Waals surface area contributed by atoms with E-state index < -0.39 is 0 Å². The number of aromatic nitrogens is 2. The highest BCUT2D eigenvalue weighted by Gasteiger charge is 2.62. The zero-order chi connectivity index (χ0) is 25.8. The van der Waals surface area contributed by atoms with Crippen LogP contribution in [-0.2, 0) is 5.41 Å². The van der Waals surface area contributed by atoms with E-state index in [0.717, 1.165) is 41.6 Å². The number of nitrogens with zero attached hydrogens (tertiary/aromatic N) is 4. The Morgan fingerprint density at radius 1 is 0.833 bits per heavy atom. The summed E-state index contributed by atoms with van der Waals surface area (Å²) in [6.45, 7) is 20.4. The molecule has 188 valence electrons. The molecule has 2 aliphatic heterocycles. The van der Waals surface area contributed by atoms with Gasteiger partial charge in [-0.05, 0) is 48.4 Å². The molecule has 0 N–H and O–H groups in total. The molecule has 4 nitrogen and oxygen atoms in total. The summed E-state index contributed by atoms with van der Waals surface area (Å²) in [7, 11) is 0. The summed E-state index contributed by atoms with van der Waals surface area (Å²) in [6, 6.07) is 19.6. The topological polar surface area (TPSA) is 32.3 Å². The van der Waals surface area contributed by atoms with Gasteiger partial charge in [0.15, 0.2) is 11.6 Å². The highest BCUT2D eigenvalue weighted by molar-refractivity contribution is 5.87. The van der Waals surface area contributed by atoms with Crippen LogP contribution in [0.1, 0.15) is 90.1 Å². The zero-order valence-electron chi connectivity index (χ0n) is 22.9. The molecule has 3 aromatic rings. The lowest BCUT2D eigenvalue weighted by Gasteiger charge is -2.58. The van der Waals surface area contributed by atoms with E-state index in [1.54, 1.807) is 0 Å². The van der Waals surface area contributed by atoms with Gasteiger partial charge < -0.3 is 9.80 Å². The first-order chi connectivity index (χ1) is 17.3. The maximum atomic E-state index is 5.43. The van der Waals surface area contributed by atoms with Crippen LogP contribution in [0.3, 0.4) is 0 Å². The molecule has 0 aliphatic carbocycles. The number of hydrogen-bond donors (Lipinski definition) is 0. The Labute approximate surface area is 217 Å². The second-order valence-electron chi connectivity index (χ2n) is 11.2. The molecule has 2 aliphatic rings. The van der Waals surface area contributed by atoms with Crippen LogP contribution >= 0.6 is 0 Å². The van der Waals surface area contributed by atoms with Crippen LogP contribution in [0, 0.1) is 5.41 Å². The van der Waals surface area contributed by atoms with Gasteiger partial charge in [-0.3, -0.25) is 0 Å². The van der Waals surface area contributed by atoms with Crippen LogP contribution in [0.2, 0.25) is 0 Å². The van der Waals surface area contributed by atoms with Crippen molar-refractivity contribution in [3.8, 4) is 0 Å². The SMILES string of the molecule is C=CC1(CC)c2ccccc2N2c3nc(C(C)C)c(C(C)C)nc3N(c3ccccc3)C2C1(C)CC. The third-order valence-corrected chi connectivity index (χ3v) is 8.86. The number of rotatable bonds is 6. The summed E-state index contributed by atoms with van der Waals surface area (Å²) >= 11 is 0. The summed E-state index contributed by atoms with van der Waals surface area (Å²) in [5, 5.41) is 0. The molecule has 3 unspecified atom stereocenters. The van der Waals surface area contributed by atoms with Crippen molar-refractivity contribution in [2.75, 3.05) is 9.80 Å². The van der Waals surface area contributed by atoms with Crippen molar-refractivity contribution in [3.05, 3.63) is 84.2 Å². The van der Waals surface area contributed by atoms with Crippen molar-refractivity contribution in [1.82, 2.24) is 9.97 Å². The minimum atomic E-state index is -0.184. The van der Waals surface area contributed by atoms with E-state index in [-0.39, 0.29) is 17.0 Å². The highest BCUT2D eigenvalue weighted by Crippen LogP contribution is 2.64. The van der Waals surface area contributed by atoms with Gasteiger partial charge in [0.2, 0.25) is 0 Å². The molecular weight excluding hydrogens is 440 g/mol. The fourth-order valence-electron chi connectivity index (χ4n) is 6.81. The molecule has 1 aromatic heterocycles. The molecule has 3 heterocycles. The molecule has 2 aromatic carbocycles. The van der Waals surface area contributed by atoms with Crippen LogP contribution in [-0.4, -0.2) is 16.1 Å². The Balaban J connectivity index is 1.92. The maximum absolute atomic E-state index is 5.43. The van der Waals surface area contributed by atoms with Gasteiger partial charge in [0.1, 0.15) is 6.17 Å². The molecule has 0 amide bonds. The summed E-state index contributed by atoms with van der Waals surface area (Å²) in [5.74, 6) is 2.52. The molecular formula is C32H40N4. The lowest BCUT2D eigenvalue weighted by atomic mass is 9.54. The van der Waals surface area contributed by atoms with Crippen LogP contribution in [0.4, 0.5) is 23.0 Å². The molecule has 0 spiro atoms. The summed E-state index contributed by atoms with van der Waals surface area (Å²) in [4.78, 5) is 15.8. The Kier molecular flexibility index (Phi) is 5.97. The van der Waals surface area contributed by atoms with Crippen LogP contribution in [0.5, 0.6) is 0 Å². The Bertz CT molecular complexity index is 1280. The minimum Gasteiger partial charge on any atom is -0.301 e. The lowest BCUT2D eigenvalue weighted by Crippen LogP contribution is -2.62. The van der Waals surface area contributed by atoms with Crippen molar-refractivity contribution in [2.45, 2.75) is 84.7 Å². The van der Waals surface area contributed by atoms with Crippen molar-refractivity contribution in [2.24, 2.45) is 5.41 Å². The largest absolute Gasteiger partial charge is 0.301 e.